The number of nitriles is 1. The molecule has 1 aromatic carbocycles. The number of rotatable bonds is 3. The topological polar surface area (TPSA) is 63.2 Å². The highest BCUT2D eigenvalue weighted by Crippen LogP contribution is 2.21. The number of carbonyl (C=O) groups excluding carboxylic acids is 1. The second kappa shape index (κ2) is 4.99. The molecule has 4 nitrogen and oxygen atoms in total. The molecule has 0 spiro atoms. The van der Waals surface area contributed by atoms with Crippen molar-refractivity contribution < 1.29 is 13.9 Å². The van der Waals surface area contributed by atoms with Crippen LogP contribution >= 0.6 is 0 Å². The van der Waals surface area contributed by atoms with E-state index in [0.717, 1.165) is 10.8 Å². The van der Waals surface area contributed by atoms with Gasteiger partial charge in [0, 0.05) is 16.8 Å². The Hall–Kier alpha value is -2.54. The van der Waals surface area contributed by atoms with E-state index in [1.807, 2.05) is 24.3 Å². The van der Waals surface area contributed by atoms with Crippen LogP contribution in [-0.4, -0.2) is 12.6 Å². The summed E-state index contributed by atoms with van der Waals surface area (Å²) in [5.41, 5.74) is 0. The molecule has 1 heterocycles. The Morgan fingerprint density at radius 3 is 3.12 bits per heavy atom. The second-order valence-electron chi connectivity index (χ2n) is 3.29. The predicted octanol–water partition coefficient (Wildman–Crippen LogP) is 2.51. The lowest BCUT2D eigenvalue weighted by atomic mass is 10.2. The van der Waals surface area contributed by atoms with E-state index in [9.17, 15) is 4.79 Å². The molecule has 0 bridgehead atoms. The Morgan fingerprint density at radius 2 is 2.29 bits per heavy atom. The molecule has 0 atom stereocenters. The van der Waals surface area contributed by atoms with Crippen LogP contribution in [0.5, 0.6) is 0 Å². The van der Waals surface area contributed by atoms with E-state index in [-0.39, 0.29) is 6.61 Å². The molecule has 0 radical (unpaired) electrons. The first-order valence-corrected chi connectivity index (χ1v) is 4.99. The first-order chi connectivity index (χ1) is 8.31. The molecule has 0 saturated heterocycles. The molecule has 0 aliphatic rings. The summed E-state index contributed by atoms with van der Waals surface area (Å²) in [4.78, 5) is 11.1. The zero-order chi connectivity index (χ0) is 12.1. The lowest BCUT2D eigenvalue weighted by molar-refractivity contribution is -0.136. The van der Waals surface area contributed by atoms with Crippen molar-refractivity contribution >= 4 is 22.8 Å². The predicted molar refractivity (Wildman–Crippen MR) is 61.8 cm³/mol. The molecular formula is C13H9NO3. The van der Waals surface area contributed by atoms with Gasteiger partial charge in [-0.05, 0) is 6.08 Å². The van der Waals surface area contributed by atoms with Gasteiger partial charge in [-0.15, -0.1) is 0 Å². The van der Waals surface area contributed by atoms with Gasteiger partial charge in [0.2, 0.25) is 0 Å². The summed E-state index contributed by atoms with van der Waals surface area (Å²) >= 11 is 0. The maximum Gasteiger partial charge on any atom is 0.331 e. The van der Waals surface area contributed by atoms with Gasteiger partial charge >= 0.3 is 5.97 Å². The smallest absolute Gasteiger partial charge is 0.331 e. The monoisotopic (exact) mass is 227 g/mol. The van der Waals surface area contributed by atoms with Gasteiger partial charge in [-0.25, -0.2) is 4.79 Å². The third-order valence-corrected chi connectivity index (χ3v) is 2.19. The van der Waals surface area contributed by atoms with Gasteiger partial charge in [0.05, 0.1) is 6.26 Å². The third kappa shape index (κ3) is 2.52. The maximum atomic E-state index is 11.1. The highest BCUT2D eigenvalue weighted by molar-refractivity contribution is 5.93. The number of hydrogen-bond acceptors (Lipinski definition) is 4. The van der Waals surface area contributed by atoms with Crippen molar-refractivity contribution in [1.29, 1.82) is 5.26 Å². The summed E-state index contributed by atoms with van der Waals surface area (Å²) in [6.45, 7) is -0.248. The number of fused-ring (bicyclic) bond motifs is 1. The minimum absolute atomic E-state index is 0.248. The standard InChI is InChI=1S/C13H9NO3/c14-7-8-16-13(15)6-5-12-11-4-2-1-3-10(11)9-17-12/h1-6,9H,8H2. The maximum absolute atomic E-state index is 11.1. The van der Waals surface area contributed by atoms with Gasteiger partial charge in [-0.3, -0.25) is 0 Å². The van der Waals surface area contributed by atoms with Crippen LogP contribution < -0.4 is 0 Å². The fourth-order valence-corrected chi connectivity index (χ4v) is 1.44. The van der Waals surface area contributed by atoms with Crippen LogP contribution in [0.3, 0.4) is 0 Å². The van der Waals surface area contributed by atoms with E-state index < -0.39 is 5.97 Å². The minimum atomic E-state index is -0.563. The molecule has 0 aliphatic heterocycles. The fraction of sp³-hybridized carbons (Fsp3) is 0.0769. The molecule has 2 aromatic rings. The zero-order valence-corrected chi connectivity index (χ0v) is 8.92. The van der Waals surface area contributed by atoms with Crippen molar-refractivity contribution in [3.05, 3.63) is 42.4 Å². The minimum Gasteiger partial charge on any atom is -0.464 e. The van der Waals surface area contributed by atoms with Crippen LogP contribution in [0.1, 0.15) is 5.76 Å². The van der Waals surface area contributed by atoms with E-state index >= 15 is 0 Å². The fourth-order valence-electron chi connectivity index (χ4n) is 1.44. The Morgan fingerprint density at radius 1 is 1.47 bits per heavy atom. The Labute approximate surface area is 97.7 Å². The van der Waals surface area contributed by atoms with Crippen LogP contribution in [0.15, 0.2) is 41.0 Å². The van der Waals surface area contributed by atoms with E-state index in [4.69, 9.17) is 9.68 Å². The number of benzene rings is 1. The van der Waals surface area contributed by atoms with E-state index in [2.05, 4.69) is 4.74 Å². The lowest BCUT2D eigenvalue weighted by Gasteiger charge is -1.92. The molecule has 0 aliphatic carbocycles. The molecule has 0 saturated carbocycles. The summed E-state index contributed by atoms with van der Waals surface area (Å²) in [6.07, 6.45) is 4.39. The van der Waals surface area contributed by atoms with Crippen molar-refractivity contribution in [2.75, 3.05) is 6.61 Å². The SMILES string of the molecule is N#CCOC(=O)C=Cc1occ2ccccc12. The highest BCUT2D eigenvalue weighted by atomic mass is 16.5. The molecule has 4 heteroatoms. The molecule has 84 valence electrons. The van der Waals surface area contributed by atoms with Crippen LogP contribution in [0.25, 0.3) is 16.8 Å². The first-order valence-electron chi connectivity index (χ1n) is 4.99. The lowest BCUT2D eigenvalue weighted by Crippen LogP contribution is -1.99. The number of furan rings is 1. The van der Waals surface area contributed by atoms with Gasteiger partial charge in [-0.2, -0.15) is 5.26 Å². The number of ether oxygens (including phenoxy) is 1. The number of nitrogens with zero attached hydrogens (tertiary/aromatic N) is 1. The Kier molecular flexibility index (Phi) is 3.22. The summed E-state index contributed by atoms with van der Waals surface area (Å²) in [5, 5.41) is 10.1. The van der Waals surface area contributed by atoms with Crippen molar-refractivity contribution in [2.24, 2.45) is 0 Å². The molecule has 1 aromatic heterocycles. The van der Waals surface area contributed by atoms with Crippen LogP contribution in [0.4, 0.5) is 0 Å². The number of hydrogen-bond donors (Lipinski definition) is 0. The van der Waals surface area contributed by atoms with Crippen molar-refractivity contribution in [3.8, 4) is 6.07 Å². The Bertz CT molecular complexity index is 604. The summed E-state index contributed by atoms with van der Waals surface area (Å²) in [7, 11) is 0. The van der Waals surface area contributed by atoms with Crippen LogP contribution in [0.2, 0.25) is 0 Å². The zero-order valence-electron chi connectivity index (χ0n) is 8.92. The van der Waals surface area contributed by atoms with E-state index in [1.54, 1.807) is 12.3 Å². The van der Waals surface area contributed by atoms with E-state index in [0.29, 0.717) is 5.76 Å². The average molecular weight is 227 g/mol. The largest absolute Gasteiger partial charge is 0.464 e. The van der Waals surface area contributed by atoms with Crippen molar-refractivity contribution in [2.45, 2.75) is 0 Å². The van der Waals surface area contributed by atoms with Gasteiger partial charge in [-0.1, -0.05) is 24.3 Å². The third-order valence-electron chi connectivity index (χ3n) is 2.19. The first kappa shape index (κ1) is 11.0. The normalized spacial score (nSPS) is 10.5. The summed E-state index contributed by atoms with van der Waals surface area (Å²) in [6, 6.07) is 9.35. The molecule has 0 unspecified atom stereocenters. The molecule has 0 fully saturated rings. The molecular weight excluding hydrogens is 218 g/mol. The van der Waals surface area contributed by atoms with Gasteiger partial charge in [0.15, 0.2) is 6.61 Å². The van der Waals surface area contributed by atoms with Crippen LogP contribution in [-0.2, 0) is 9.53 Å². The number of esters is 1. The van der Waals surface area contributed by atoms with Crippen molar-refractivity contribution in [3.63, 3.8) is 0 Å². The van der Waals surface area contributed by atoms with Gasteiger partial charge < -0.3 is 9.15 Å². The molecule has 2 rings (SSSR count). The Balaban J connectivity index is 2.16. The highest BCUT2D eigenvalue weighted by Gasteiger charge is 2.02. The summed E-state index contributed by atoms with van der Waals surface area (Å²) in [5.74, 6) is 0.0292. The summed E-state index contributed by atoms with van der Waals surface area (Å²) < 4.78 is 9.88. The van der Waals surface area contributed by atoms with Gasteiger partial charge in [0.1, 0.15) is 11.8 Å². The second-order valence-corrected chi connectivity index (χ2v) is 3.29. The average Bonchev–Trinajstić information content (AvgIpc) is 2.77. The molecule has 0 amide bonds. The quantitative estimate of drug-likeness (QED) is 0.597. The molecule has 0 N–H and O–H groups in total. The van der Waals surface area contributed by atoms with Crippen LogP contribution in [0, 0.1) is 11.3 Å². The van der Waals surface area contributed by atoms with Crippen molar-refractivity contribution in [1.82, 2.24) is 0 Å². The van der Waals surface area contributed by atoms with Gasteiger partial charge in [0.25, 0.3) is 0 Å². The number of carbonyl (C=O) groups is 1. The molecule has 17 heavy (non-hydrogen) atoms. The van der Waals surface area contributed by atoms with E-state index in [1.165, 1.54) is 12.2 Å².